The van der Waals surface area contributed by atoms with E-state index in [2.05, 4.69) is 0 Å². The number of carbonyl (C=O) groups excluding carboxylic acids is 1. The predicted octanol–water partition coefficient (Wildman–Crippen LogP) is 2.33. The molecular formula is C17H23NO4. The number of nitrogens with zero attached hydrogens (tertiary/aromatic N) is 1. The van der Waals surface area contributed by atoms with Gasteiger partial charge in [-0.25, -0.2) is 0 Å². The van der Waals surface area contributed by atoms with E-state index in [0.717, 1.165) is 5.75 Å². The molecule has 1 N–H and O–H groups in total. The predicted molar refractivity (Wildman–Crippen MR) is 82.8 cm³/mol. The Morgan fingerprint density at radius 2 is 1.86 bits per heavy atom. The molecule has 0 radical (unpaired) electrons. The standard InChI is InChI=1S/C17H23NO4/c1-12-3-7-15(8-4-12)22-10-9-18(2)16(19)13-5-6-14(11-13)17(20)21/h3-4,7-8,13-14H,5-6,9-11H2,1-2H3,(H,20,21)/t13-,14+/m1/s1. The van der Waals surface area contributed by atoms with E-state index in [9.17, 15) is 9.59 Å². The first-order valence-electron chi connectivity index (χ1n) is 7.64. The average Bonchev–Trinajstić information content (AvgIpc) is 2.98. The van der Waals surface area contributed by atoms with Gasteiger partial charge >= 0.3 is 5.97 Å². The van der Waals surface area contributed by atoms with Crippen LogP contribution < -0.4 is 4.74 Å². The van der Waals surface area contributed by atoms with Crippen LogP contribution in [0, 0.1) is 18.8 Å². The molecule has 5 nitrogen and oxygen atoms in total. The fourth-order valence-electron chi connectivity index (χ4n) is 2.79. The molecular weight excluding hydrogens is 282 g/mol. The number of aliphatic carboxylic acids is 1. The molecule has 1 fully saturated rings. The lowest BCUT2D eigenvalue weighted by Gasteiger charge is -2.21. The van der Waals surface area contributed by atoms with Gasteiger partial charge in [-0.05, 0) is 38.3 Å². The zero-order valence-electron chi connectivity index (χ0n) is 13.1. The van der Waals surface area contributed by atoms with Crippen LogP contribution >= 0.6 is 0 Å². The van der Waals surface area contributed by atoms with Crippen molar-refractivity contribution in [3.63, 3.8) is 0 Å². The van der Waals surface area contributed by atoms with E-state index in [1.54, 1.807) is 11.9 Å². The quantitative estimate of drug-likeness (QED) is 0.876. The molecule has 1 aliphatic rings. The molecule has 0 heterocycles. The van der Waals surface area contributed by atoms with Crippen LogP contribution in [0.3, 0.4) is 0 Å². The number of hydrogen-bond donors (Lipinski definition) is 1. The van der Waals surface area contributed by atoms with Crippen molar-refractivity contribution in [1.82, 2.24) is 4.90 Å². The fourth-order valence-corrected chi connectivity index (χ4v) is 2.79. The van der Waals surface area contributed by atoms with Gasteiger partial charge in [-0.2, -0.15) is 0 Å². The first kappa shape index (κ1) is 16.3. The van der Waals surface area contributed by atoms with Crippen LogP contribution in [-0.4, -0.2) is 42.1 Å². The molecule has 2 rings (SSSR count). The highest BCUT2D eigenvalue weighted by molar-refractivity contribution is 5.80. The highest BCUT2D eigenvalue weighted by Crippen LogP contribution is 2.32. The van der Waals surface area contributed by atoms with Crippen LogP contribution in [-0.2, 0) is 9.59 Å². The fraction of sp³-hybridized carbons (Fsp3) is 0.529. The lowest BCUT2D eigenvalue weighted by molar-refractivity contribution is -0.141. The van der Waals surface area contributed by atoms with E-state index in [0.29, 0.717) is 32.4 Å². The minimum atomic E-state index is -0.791. The Kier molecular flexibility index (Phi) is 5.41. The monoisotopic (exact) mass is 305 g/mol. The minimum Gasteiger partial charge on any atom is -0.492 e. The van der Waals surface area contributed by atoms with Crippen molar-refractivity contribution in [2.45, 2.75) is 26.2 Å². The molecule has 0 saturated heterocycles. The van der Waals surface area contributed by atoms with Crippen LogP contribution in [0.1, 0.15) is 24.8 Å². The molecule has 1 aromatic rings. The van der Waals surface area contributed by atoms with Gasteiger partial charge in [0.15, 0.2) is 0 Å². The number of hydrogen-bond acceptors (Lipinski definition) is 3. The third kappa shape index (κ3) is 4.23. The molecule has 5 heteroatoms. The van der Waals surface area contributed by atoms with Crippen molar-refractivity contribution < 1.29 is 19.4 Å². The molecule has 1 amide bonds. The van der Waals surface area contributed by atoms with Crippen molar-refractivity contribution in [1.29, 1.82) is 0 Å². The van der Waals surface area contributed by atoms with E-state index in [1.807, 2.05) is 31.2 Å². The molecule has 0 unspecified atom stereocenters. The number of amides is 1. The van der Waals surface area contributed by atoms with Crippen molar-refractivity contribution in [3.05, 3.63) is 29.8 Å². The first-order chi connectivity index (χ1) is 10.5. The van der Waals surface area contributed by atoms with E-state index < -0.39 is 5.97 Å². The smallest absolute Gasteiger partial charge is 0.306 e. The maximum Gasteiger partial charge on any atom is 0.306 e. The molecule has 1 aromatic carbocycles. The summed E-state index contributed by atoms with van der Waals surface area (Å²) in [5.41, 5.74) is 1.17. The van der Waals surface area contributed by atoms with Crippen LogP contribution in [0.4, 0.5) is 0 Å². The van der Waals surface area contributed by atoms with Crippen molar-refractivity contribution in [2.24, 2.45) is 11.8 Å². The zero-order valence-corrected chi connectivity index (χ0v) is 13.1. The summed E-state index contributed by atoms with van der Waals surface area (Å²) >= 11 is 0. The van der Waals surface area contributed by atoms with Crippen molar-refractivity contribution in [3.8, 4) is 5.75 Å². The van der Waals surface area contributed by atoms with Gasteiger partial charge in [-0.1, -0.05) is 17.7 Å². The number of aryl methyl sites for hydroxylation is 1. The average molecular weight is 305 g/mol. The molecule has 0 aliphatic heterocycles. The SMILES string of the molecule is Cc1ccc(OCCN(C)C(=O)[C@@H]2CC[C@H](C(=O)O)C2)cc1. The van der Waals surface area contributed by atoms with Gasteiger partial charge in [-0.3, -0.25) is 9.59 Å². The van der Waals surface area contributed by atoms with Crippen molar-refractivity contribution >= 4 is 11.9 Å². The number of likely N-dealkylation sites (N-methyl/N-ethyl adjacent to an activating group) is 1. The minimum absolute atomic E-state index is 0.0243. The summed E-state index contributed by atoms with van der Waals surface area (Å²) in [4.78, 5) is 24.9. The molecule has 0 bridgehead atoms. The molecule has 2 atom stereocenters. The number of carbonyl (C=O) groups is 2. The van der Waals surface area contributed by atoms with Crippen LogP contribution in [0.25, 0.3) is 0 Å². The van der Waals surface area contributed by atoms with Gasteiger partial charge in [0.2, 0.25) is 5.91 Å². The summed E-state index contributed by atoms with van der Waals surface area (Å²) < 4.78 is 5.62. The Labute approximate surface area is 130 Å². The lowest BCUT2D eigenvalue weighted by atomic mass is 10.0. The van der Waals surface area contributed by atoms with Crippen LogP contribution in [0.5, 0.6) is 5.75 Å². The van der Waals surface area contributed by atoms with Gasteiger partial charge in [0, 0.05) is 13.0 Å². The largest absolute Gasteiger partial charge is 0.492 e. The zero-order chi connectivity index (χ0) is 16.1. The molecule has 22 heavy (non-hydrogen) atoms. The molecule has 120 valence electrons. The molecule has 0 spiro atoms. The Morgan fingerprint density at radius 1 is 1.23 bits per heavy atom. The van der Waals surface area contributed by atoms with Crippen LogP contribution in [0.2, 0.25) is 0 Å². The summed E-state index contributed by atoms with van der Waals surface area (Å²) in [6.07, 6.45) is 1.72. The third-order valence-electron chi connectivity index (χ3n) is 4.22. The number of carboxylic acid groups (broad SMARTS) is 1. The number of benzene rings is 1. The summed E-state index contributed by atoms with van der Waals surface area (Å²) in [6, 6.07) is 7.78. The third-order valence-corrected chi connectivity index (χ3v) is 4.22. The topological polar surface area (TPSA) is 66.8 Å². The van der Waals surface area contributed by atoms with Gasteiger partial charge in [0.25, 0.3) is 0 Å². The summed E-state index contributed by atoms with van der Waals surface area (Å²) in [6.45, 7) is 2.95. The Hall–Kier alpha value is -2.04. The highest BCUT2D eigenvalue weighted by atomic mass is 16.5. The van der Waals surface area contributed by atoms with E-state index in [-0.39, 0.29) is 17.7 Å². The Bertz CT molecular complexity index is 526. The van der Waals surface area contributed by atoms with Crippen molar-refractivity contribution in [2.75, 3.05) is 20.2 Å². The maximum atomic E-state index is 12.3. The van der Waals surface area contributed by atoms with E-state index >= 15 is 0 Å². The summed E-state index contributed by atoms with van der Waals surface area (Å²) in [7, 11) is 1.74. The molecule has 0 aromatic heterocycles. The maximum absolute atomic E-state index is 12.3. The van der Waals surface area contributed by atoms with Crippen LogP contribution in [0.15, 0.2) is 24.3 Å². The number of ether oxygens (including phenoxy) is 1. The van der Waals surface area contributed by atoms with Gasteiger partial charge in [0.05, 0.1) is 12.5 Å². The highest BCUT2D eigenvalue weighted by Gasteiger charge is 2.34. The Balaban J connectivity index is 1.75. The lowest BCUT2D eigenvalue weighted by Crippen LogP contribution is -2.35. The molecule has 1 saturated carbocycles. The second-order valence-electron chi connectivity index (χ2n) is 5.97. The van der Waals surface area contributed by atoms with Gasteiger partial charge in [0.1, 0.15) is 12.4 Å². The van der Waals surface area contributed by atoms with E-state index in [1.165, 1.54) is 5.56 Å². The van der Waals surface area contributed by atoms with Gasteiger partial charge < -0.3 is 14.7 Å². The second kappa shape index (κ2) is 7.29. The Morgan fingerprint density at radius 3 is 2.45 bits per heavy atom. The molecule has 1 aliphatic carbocycles. The first-order valence-corrected chi connectivity index (χ1v) is 7.64. The normalized spacial score (nSPS) is 20.6. The summed E-state index contributed by atoms with van der Waals surface area (Å²) in [5, 5.41) is 8.99. The van der Waals surface area contributed by atoms with E-state index in [4.69, 9.17) is 9.84 Å². The summed E-state index contributed by atoms with van der Waals surface area (Å²) in [5.74, 6) is -0.508. The number of carboxylic acids is 1. The van der Waals surface area contributed by atoms with Gasteiger partial charge in [-0.15, -0.1) is 0 Å². The number of rotatable bonds is 6. The second-order valence-corrected chi connectivity index (χ2v) is 5.97.